The second-order valence-corrected chi connectivity index (χ2v) is 10.6. The summed E-state index contributed by atoms with van der Waals surface area (Å²) in [4.78, 5) is 13.3. The zero-order chi connectivity index (χ0) is 25.3. The lowest BCUT2D eigenvalue weighted by molar-refractivity contribution is -0.114. The molecular weight excluding hydrogens is 494 g/mol. The topological polar surface area (TPSA) is 71.4 Å². The number of anilines is 2. The Morgan fingerprint density at radius 1 is 0.861 bits per heavy atom. The first-order valence-electron chi connectivity index (χ1n) is 11.5. The number of carbonyl (C=O) groups is 1. The fraction of sp³-hybridized carbons (Fsp3) is 0.107. The quantitative estimate of drug-likeness (QED) is 0.275. The van der Waals surface area contributed by atoms with Gasteiger partial charge < -0.3 is 9.88 Å². The number of benzene rings is 4. The Bertz CT molecular complexity index is 1680. The monoisotopic (exact) mass is 517 g/mol. The highest BCUT2D eigenvalue weighted by molar-refractivity contribution is 7.92. The fourth-order valence-corrected chi connectivity index (χ4v) is 6.23. The van der Waals surface area contributed by atoms with Crippen LogP contribution < -0.4 is 9.62 Å². The number of hydrogen-bond donors (Lipinski definition) is 1. The maximum atomic E-state index is 13.5. The van der Waals surface area contributed by atoms with Crippen molar-refractivity contribution in [2.45, 2.75) is 18.4 Å². The Hall–Kier alpha value is -3.81. The van der Waals surface area contributed by atoms with Gasteiger partial charge >= 0.3 is 0 Å². The van der Waals surface area contributed by atoms with E-state index in [1.54, 1.807) is 42.5 Å². The van der Waals surface area contributed by atoms with Gasteiger partial charge in [0.05, 0.1) is 15.6 Å². The van der Waals surface area contributed by atoms with Gasteiger partial charge in [-0.25, -0.2) is 8.42 Å². The van der Waals surface area contributed by atoms with Crippen molar-refractivity contribution in [3.8, 4) is 0 Å². The van der Waals surface area contributed by atoms with Crippen molar-refractivity contribution in [3.05, 3.63) is 102 Å². The number of carbonyl (C=O) groups excluding carboxylic acids is 1. The van der Waals surface area contributed by atoms with E-state index in [9.17, 15) is 13.2 Å². The maximum absolute atomic E-state index is 13.5. The van der Waals surface area contributed by atoms with Gasteiger partial charge in [-0.05, 0) is 55.5 Å². The molecule has 0 saturated carbocycles. The van der Waals surface area contributed by atoms with Crippen LogP contribution in [0.25, 0.3) is 21.8 Å². The van der Waals surface area contributed by atoms with Gasteiger partial charge in [-0.1, -0.05) is 60.1 Å². The van der Waals surface area contributed by atoms with E-state index in [0.717, 1.165) is 32.7 Å². The molecule has 0 unspecified atom stereocenters. The largest absolute Gasteiger partial charge is 0.341 e. The van der Waals surface area contributed by atoms with Crippen LogP contribution in [0.4, 0.5) is 11.4 Å². The Labute approximate surface area is 214 Å². The molecule has 0 aliphatic carbocycles. The highest BCUT2D eigenvalue weighted by atomic mass is 35.5. The Balaban J connectivity index is 1.49. The first-order chi connectivity index (χ1) is 17.4. The molecule has 0 radical (unpaired) electrons. The van der Waals surface area contributed by atoms with Gasteiger partial charge in [-0.15, -0.1) is 0 Å². The van der Waals surface area contributed by atoms with Crippen LogP contribution in [0.1, 0.15) is 6.92 Å². The summed E-state index contributed by atoms with van der Waals surface area (Å²) in [6.07, 6.45) is 0. The predicted octanol–water partition coefficient (Wildman–Crippen LogP) is 6.30. The molecule has 0 saturated heterocycles. The second kappa shape index (κ2) is 9.68. The SMILES string of the molecule is CCn1c2ccccc2c2cc(NC(=O)CN(c3ccccc3Cl)S(=O)(=O)c3ccccc3)ccc21. The number of fused-ring (bicyclic) bond motifs is 3. The summed E-state index contributed by atoms with van der Waals surface area (Å²) in [5.74, 6) is -0.479. The third kappa shape index (κ3) is 4.32. The smallest absolute Gasteiger partial charge is 0.264 e. The van der Waals surface area contributed by atoms with Gasteiger partial charge in [0.25, 0.3) is 10.0 Å². The Morgan fingerprint density at radius 2 is 1.53 bits per heavy atom. The van der Waals surface area contributed by atoms with E-state index in [1.165, 1.54) is 12.1 Å². The first kappa shape index (κ1) is 23.9. The standard InChI is InChI=1S/C28H24ClN3O3S/c1-2-31-25-14-8-6-12-22(25)23-18-20(16-17-26(23)31)30-28(33)19-32(27-15-9-7-13-24(27)29)36(34,35)21-10-4-3-5-11-21/h3-18H,2,19H2,1H3,(H,30,33). The number of sulfonamides is 1. The van der Waals surface area contributed by atoms with Crippen molar-refractivity contribution >= 4 is 60.7 Å². The van der Waals surface area contributed by atoms with Crippen LogP contribution in [0.15, 0.2) is 102 Å². The molecule has 0 fully saturated rings. The van der Waals surface area contributed by atoms with Gasteiger partial charge in [-0.3, -0.25) is 9.10 Å². The summed E-state index contributed by atoms with van der Waals surface area (Å²) in [6.45, 7) is 2.48. The third-order valence-corrected chi connectivity index (χ3v) is 8.21. The van der Waals surface area contributed by atoms with E-state index in [4.69, 9.17) is 11.6 Å². The number of amides is 1. The fourth-order valence-electron chi connectivity index (χ4n) is 4.48. The van der Waals surface area contributed by atoms with Gasteiger partial charge in [0.2, 0.25) is 5.91 Å². The van der Waals surface area contributed by atoms with Gasteiger partial charge in [0.15, 0.2) is 0 Å². The molecule has 0 aliphatic rings. The predicted molar refractivity (Wildman–Crippen MR) is 146 cm³/mol. The van der Waals surface area contributed by atoms with E-state index in [-0.39, 0.29) is 15.6 Å². The molecule has 36 heavy (non-hydrogen) atoms. The van der Waals surface area contributed by atoms with Gasteiger partial charge in [0.1, 0.15) is 6.54 Å². The number of hydrogen-bond acceptors (Lipinski definition) is 3. The lowest BCUT2D eigenvalue weighted by Gasteiger charge is -2.25. The number of nitrogens with one attached hydrogen (secondary N) is 1. The van der Waals surface area contributed by atoms with Crippen molar-refractivity contribution in [1.29, 1.82) is 0 Å². The van der Waals surface area contributed by atoms with E-state index < -0.39 is 22.5 Å². The minimum atomic E-state index is -4.04. The molecule has 4 aromatic carbocycles. The van der Waals surface area contributed by atoms with Crippen LogP contribution in [0.3, 0.4) is 0 Å². The van der Waals surface area contributed by atoms with Crippen molar-refractivity contribution in [3.63, 3.8) is 0 Å². The molecule has 0 bridgehead atoms. The molecule has 0 atom stereocenters. The summed E-state index contributed by atoms with van der Waals surface area (Å²) >= 11 is 6.35. The van der Waals surface area contributed by atoms with E-state index in [0.29, 0.717) is 5.69 Å². The number of aryl methyl sites for hydroxylation is 1. The summed E-state index contributed by atoms with van der Waals surface area (Å²) in [6, 6.07) is 28.4. The van der Waals surface area contributed by atoms with Gasteiger partial charge in [-0.2, -0.15) is 0 Å². The summed E-state index contributed by atoms with van der Waals surface area (Å²) < 4.78 is 30.3. The number of halogens is 1. The van der Waals surface area contributed by atoms with Crippen LogP contribution in [0.2, 0.25) is 5.02 Å². The van der Waals surface area contributed by atoms with Crippen molar-refractivity contribution in [2.75, 3.05) is 16.2 Å². The molecule has 6 nitrogen and oxygen atoms in total. The van der Waals surface area contributed by atoms with Crippen molar-refractivity contribution in [1.82, 2.24) is 4.57 Å². The number of aromatic nitrogens is 1. The first-order valence-corrected chi connectivity index (χ1v) is 13.3. The van der Waals surface area contributed by atoms with E-state index >= 15 is 0 Å². The molecular formula is C28H24ClN3O3S. The lowest BCUT2D eigenvalue weighted by Crippen LogP contribution is -2.38. The molecule has 1 amide bonds. The average Bonchev–Trinajstić information content (AvgIpc) is 3.21. The molecule has 1 heterocycles. The number of rotatable bonds is 7. The highest BCUT2D eigenvalue weighted by Gasteiger charge is 2.28. The average molecular weight is 518 g/mol. The summed E-state index contributed by atoms with van der Waals surface area (Å²) in [7, 11) is -4.04. The van der Waals surface area contributed by atoms with Crippen LogP contribution in [0, 0.1) is 0 Å². The minimum Gasteiger partial charge on any atom is -0.341 e. The molecule has 182 valence electrons. The molecule has 5 aromatic rings. The molecule has 1 aromatic heterocycles. The lowest BCUT2D eigenvalue weighted by atomic mass is 10.1. The van der Waals surface area contributed by atoms with Gasteiger partial charge in [0, 0.05) is 34.0 Å². The van der Waals surface area contributed by atoms with Crippen LogP contribution in [0.5, 0.6) is 0 Å². The summed E-state index contributed by atoms with van der Waals surface area (Å²) in [5.41, 5.74) is 3.01. The third-order valence-electron chi connectivity index (χ3n) is 6.11. The second-order valence-electron chi connectivity index (χ2n) is 8.32. The van der Waals surface area contributed by atoms with Crippen molar-refractivity contribution < 1.29 is 13.2 Å². The van der Waals surface area contributed by atoms with E-state index in [1.807, 2.05) is 30.3 Å². The Morgan fingerprint density at radius 3 is 2.28 bits per heavy atom. The highest BCUT2D eigenvalue weighted by Crippen LogP contribution is 2.32. The minimum absolute atomic E-state index is 0.0755. The molecule has 0 aliphatic heterocycles. The van der Waals surface area contributed by atoms with Crippen LogP contribution in [-0.4, -0.2) is 25.4 Å². The van der Waals surface area contributed by atoms with E-state index in [2.05, 4.69) is 28.9 Å². The summed E-state index contributed by atoms with van der Waals surface area (Å²) in [5, 5.41) is 5.22. The van der Waals surface area contributed by atoms with Crippen LogP contribution in [-0.2, 0) is 21.4 Å². The number of nitrogens with zero attached hydrogens (tertiary/aromatic N) is 2. The molecule has 5 rings (SSSR count). The van der Waals surface area contributed by atoms with Crippen molar-refractivity contribution in [2.24, 2.45) is 0 Å². The molecule has 0 spiro atoms. The molecule has 1 N–H and O–H groups in total. The normalized spacial score (nSPS) is 11.6. The zero-order valence-corrected chi connectivity index (χ0v) is 21.1. The molecule has 8 heteroatoms. The maximum Gasteiger partial charge on any atom is 0.264 e. The van der Waals surface area contributed by atoms with Crippen LogP contribution >= 0.6 is 11.6 Å². The zero-order valence-electron chi connectivity index (χ0n) is 19.6. The Kier molecular flexibility index (Phi) is 6.43. The number of para-hydroxylation sites is 2.